The molecule has 0 heterocycles. The summed E-state index contributed by atoms with van der Waals surface area (Å²) in [4.78, 5) is 12.4. The average Bonchev–Trinajstić information content (AvgIpc) is 2.78. The van der Waals surface area contributed by atoms with Crippen molar-refractivity contribution in [3.05, 3.63) is 95.0 Å². The van der Waals surface area contributed by atoms with Crippen LogP contribution < -0.4 is 20.3 Å². The molecule has 1 amide bonds. The van der Waals surface area contributed by atoms with Crippen LogP contribution in [-0.2, 0) is 10.0 Å². The number of ether oxygens (including phenoxy) is 1. The highest BCUT2D eigenvalue weighted by Crippen LogP contribution is 2.20. The molecule has 0 atom stereocenters. The first-order valence-electron chi connectivity index (χ1n) is 9.33. The van der Waals surface area contributed by atoms with E-state index in [2.05, 4.69) is 42.8 Å². The number of rotatable bonds is 9. The van der Waals surface area contributed by atoms with Crippen molar-refractivity contribution in [3.63, 3.8) is 0 Å². The van der Waals surface area contributed by atoms with E-state index < -0.39 is 22.5 Å². The fourth-order valence-corrected chi connectivity index (χ4v) is 3.95. The molecule has 7 nitrogen and oxygen atoms in total. The van der Waals surface area contributed by atoms with E-state index in [0.29, 0.717) is 11.3 Å². The lowest BCUT2D eigenvalue weighted by atomic mass is 10.2. The van der Waals surface area contributed by atoms with Crippen molar-refractivity contribution in [2.75, 3.05) is 4.72 Å². The first-order chi connectivity index (χ1) is 15.6. The molecule has 3 rings (SSSR count). The van der Waals surface area contributed by atoms with Crippen LogP contribution in [0.15, 0.2) is 88.7 Å². The van der Waals surface area contributed by atoms with Gasteiger partial charge in [0.05, 0.1) is 10.6 Å². The molecule has 0 aliphatic rings. The highest BCUT2D eigenvalue weighted by molar-refractivity contribution is 9.10. The Balaban J connectivity index is 1.56. The summed E-state index contributed by atoms with van der Waals surface area (Å²) in [5.41, 5.74) is 6.53. The van der Waals surface area contributed by atoms with Crippen molar-refractivity contribution < 1.29 is 26.7 Å². The van der Waals surface area contributed by atoms with Crippen LogP contribution in [0.5, 0.6) is 5.75 Å². The Hall–Kier alpha value is -3.44. The normalized spacial score (nSPS) is 11.0. The zero-order valence-corrected chi connectivity index (χ0v) is 19.3. The van der Waals surface area contributed by atoms with Gasteiger partial charge in [0.25, 0.3) is 15.9 Å². The number of carbonyl (C=O) groups excluding carboxylic acids is 1. The Morgan fingerprint density at radius 1 is 0.879 bits per heavy atom. The third-order valence-electron chi connectivity index (χ3n) is 4.28. The third-order valence-corrected chi connectivity index (χ3v) is 6.20. The summed E-state index contributed by atoms with van der Waals surface area (Å²) in [6, 6.07) is 17.7. The molecule has 0 aliphatic heterocycles. The Labute approximate surface area is 197 Å². The predicted molar refractivity (Wildman–Crippen MR) is 124 cm³/mol. The summed E-state index contributed by atoms with van der Waals surface area (Å²) >= 11 is 3.25. The van der Waals surface area contributed by atoms with Crippen molar-refractivity contribution in [2.24, 2.45) is 0 Å². The lowest BCUT2D eigenvalue weighted by molar-refractivity contribution is -0.0498. The maximum absolute atomic E-state index is 12.4. The number of carbonyl (C=O) groups is 1. The standard InChI is InChI=1S/C22H18BrF2N3O4S/c1-14(15-4-10-19(11-5-15)32-22(24)25)26-27-21(29)16-2-8-18(9-3-16)28-33(30,31)20-12-6-17(23)7-13-20/h2-13,22,26,28H,1H2,(H,27,29). The van der Waals surface area contributed by atoms with Gasteiger partial charge in [0.2, 0.25) is 0 Å². The zero-order chi connectivity index (χ0) is 24.0. The van der Waals surface area contributed by atoms with E-state index in [1.54, 1.807) is 12.1 Å². The topological polar surface area (TPSA) is 96.5 Å². The van der Waals surface area contributed by atoms with Crippen LogP contribution in [0, 0.1) is 0 Å². The van der Waals surface area contributed by atoms with Gasteiger partial charge in [-0.2, -0.15) is 8.78 Å². The SMILES string of the molecule is C=C(NNC(=O)c1ccc(NS(=O)(=O)c2ccc(Br)cc2)cc1)c1ccc(OC(F)F)cc1. The Bertz CT molecular complexity index is 1230. The van der Waals surface area contributed by atoms with Gasteiger partial charge >= 0.3 is 6.61 Å². The van der Waals surface area contributed by atoms with Crippen LogP contribution >= 0.6 is 15.9 Å². The smallest absolute Gasteiger partial charge is 0.387 e. The second kappa shape index (κ2) is 10.5. The number of benzene rings is 3. The Morgan fingerprint density at radius 2 is 1.45 bits per heavy atom. The second-order valence-electron chi connectivity index (χ2n) is 6.60. The van der Waals surface area contributed by atoms with Crippen molar-refractivity contribution >= 4 is 43.2 Å². The Morgan fingerprint density at radius 3 is 2.03 bits per heavy atom. The van der Waals surface area contributed by atoms with Crippen LogP contribution in [0.2, 0.25) is 0 Å². The minimum absolute atomic E-state index is 0.00133. The van der Waals surface area contributed by atoms with E-state index in [1.165, 1.54) is 60.7 Å². The molecule has 3 aromatic carbocycles. The fraction of sp³-hybridized carbons (Fsp3) is 0.0455. The molecule has 0 spiro atoms. The molecule has 0 saturated carbocycles. The van der Waals surface area contributed by atoms with E-state index in [1.807, 2.05) is 0 Å². The van der Waals surface area contributed by atoms with E-state index in [-0.39, 0.29) is 21.9 Å². The number of alkyl halides is 2. The first-order valence-corrected chi connectivity index (χ1v) is 11.6. The largest absolute Gasteiger partial charge is 0.435 e. The highest BCUT2D eigenvalue weighted by atomic mass is 79.9. The lowest BCUT2D eigenvalue weighted by Crippen LogP contribution is -2.35. The van der Waals surface area contributed by atoms with Gasteiger partial charge in [-0.05, 0) is 78.4 Å². The van der Waals surface area contributed by atoms with Crippen LogP contribution in [0.4, 0.5) is 14.5 Å². The van der Waals surface area contributed by atoms with Gasteiger partial charge in [0.15, 0.2) is 0 Å². The minimum Gasteiger partial charge on any atom is -0.435 e. The number of halogens is 3. The molecule has 0 bridgehead atoms. The number of hydrogen-bond acceptors (Lipinski definition) is 5. The van der Waals surface area contributed by atoms with E-state index in [9.17, 15) is 22.0 Å². The molecule has 3 aromatic rings. The van der Waals surface area contributed by atoms with Crippen molar-refractivity contribution in [1.29, 1.82) is 0 Å². The molecule has 0 saturated heterocycles. The maximum atomic E-state index is 12.4. The van der Waals surface area contributed by atoms with Gasteiger partial charge in [0.1, 0.15) is 5.75 Å². The summed E-state index contributed by atoms with van der Waals surface area (Å²) in [6.45, 7) is 0.858. The Kier molecular flexibility index (Phi) is 7.67. The van der Waals surface area contributed by atoms with Gasteiger partial charge in [-0.25, -0.2) is 8.42 Å². The minimum atomic E-state index is -3.77. The monoisotopic (exact) mass is 537 g/mol. The van der Waals surface area contributed by atoms with Crippen LogP contribution in [-0.4, -0.2) is 20.9 Å². The summed E-state index contributed by atoms with van der Waals surface area (Å²) in [6.07, 6.45) is 0. The quantitative estimate of drug-likeness (QED) is 0.342. The molecule has 11 heteroatoms. The van der Waals surface area contributed by atoms with E-state index in [4.69, 9.17) is 0 Å². The number of anilines is 1. The molecule has 0 fully saturated rings. The van der Waals surface area contributed by atoms with E-state index >= 15 is 0 Å². The van der Waals surface area contributed by atoms with Crippen molar-refractivity contribution in [3.8, 4) is 5.75 Å². The second-order valence-corrected chi connectivity index (χ2v) is 9.20. The predicted octanol–water partition coefficient (Wildman–Crippen LogP) is 4.76. The first kappa shape index (κ1) is 24.2. The highest BCUT2D eigenvalue weighted by Gasteiger charge is 2.14. The number of nitrogens with one attached hydrogen (secondary N) is 3. The van der Waals surface area contributed by atoms with Gasteiger partial charge in [-0.1, -0.05) is 22.5 Å². The molecular formula is C22H18BrF2N3O4S. The molecule has 33 heavy (non-hydrogen) atoms. The summed E-state index contributed by atoms with van der Waals surface area (Å²) in [5.74, 6) is -0.488. The van der Waals surface area contributed by atoms with Gasteiger partial charge in [0, 0.05) is 15.7 Å². The molecular weight excluding hydrogens is 520 g/mol. The number of hydrogen-bond donors (Lipinski definition) is 3. The summed E-state index contributed by atoms with van der Waals surface area (Å²) in [7, 11) is -3.77. The summed E-state index contributed by atoms with van der Waals surface area (Å²) < 4.78 is 56.8. The number of sulfonamides is 1. The molecule has 172 valence electrons. The summed E-state index contributed by atoms with van der Waals surface area (Å²) in [5, 5.41) is 0. The van der Waals surface area contributed by atoms with Crippen molar-refractivity contribution in [1.82, 2.24) is 10.9 Å². The molecule has 0 unspecified atom stereocenters. The lowest BCUT2D eigenvalue weighted by Gasteiger charge is -2.13. The van der Waals surface area contributed by atoms with Crippen LogP contribution in [0.1, 0.15) is 15.9 Å². The fourth-order valence-electron chi connectivity index (χ4n) is 2.63. The zero-order valence-electron chi connectivity index (χ0n) is 16.9. The van der Waals surface area contributed by atoms with Gasteiger partial charge < -0.3 is 4.74 Å². The molecule has 0 radical (unpaired) electrons. The average molecular weight is 538 g/mol. The maximum Gasteiger partial charge on any atom is 0.387 e. The van der Waals surface area contributed by atoms with Crippen LogP contribution in [0.25, 0.3) is 5.70 Å². The molecule has 0 aromatic heterocycles. The molecule has 0 aliphatic carbocycles. The number of hydrazine groups is 1. The van der Waals surface area contributed by atoms with Crippen molar-refractivity contribution in [2.45, 2.75) is 11.5 Å². The number of amides is 1. The van der Waals surface area contributed by atoms with Crippen LogP contribution in [0.3, 0.4) is 0 Å². The van der Waals surface area contributed by atoms with Gasteiger partial charge in [-0.3, -0.25) is 20.4 Å². The molecule has 3 N–H and O–H groups in total. The van der Waals surface area contributed by atoms with Gasteiger partial charge in [-0.15, -0.1) is 0 Å². The third kappa shape index (κ3) is 6.77. The van der Waals surface area contributed by atoms with E-state index in [0.717, 1.165) is 4.47 Å².